The molecule has 0 aliphatic carbocycles. The summed E-state index contributed by atoms with van der Waals surface area (Å²) in [6.45, 7) is 1.13. The summed E-state index contributed by atoms with van der Waals surface area (Å²) in [4.78, 5) is 41.1. The minimum absolute atomic E-state index is 0.00109. The average Bonchev–Trinajstić information content (AvgIpc) is 3.01. The van der Waals surface area contributed by atoms with Crippen LogP contribution >= 0.6 is 15.9 Å². The second-order valence-electron chi connectivity index (χ2n) is 7.72. The smallest absolute Gasteiger partial charge is 0.290 e. The van der Waals surface area contributed by atoms with Gasteiger partial charge in [0.25, 0.3) is 11.6 Å². The predicted octanol–water partition coefficient (Wildman–Crippen LogP) is 3.96. The van der Waals surface area contributed by atoms with E-state index in [4.69, 9.17) is 4.42 Å². The van der Waals surface area contributed by atoms with E-state index in [0.29, 0.717) is 34.0 Å². The number of carbonyl (C=O) groups is 1. The number of nitrogens with zero attached hydrogens (tertiary/aromatic N) is 3. The van der Waals surface area contributed by atoms with Crippen molar-refractivity contribution in [2.75, 3.05) is 27.2 Å². The highest BCUT2D eigenvalue weighted by Crippen LogP contribution is 2.39. The van der Waals surface area contributed by atoms with Crippen LogP contribution in [0.15, 0.2) is 56.1 Å². The molecule has 0 N–H and O–H groups in total. The molecule has 2 heterocycles. The van der Waals surface area contributed by atoms with Gasteiger partial charge in [-0.3, -0.25) is 19.7 Å². The Morgan fingerprint density at radius 3 is 2.68 bits per heavy atom. The quantitative estimate of drug-likeness (QED) is 0.387. The van der Waals surface area contributed by atoms with Gasteiger partial charge in [0.05, 0.1) is 21.9 Å². The molecule has 0 radical (unpaired) electrons. The zero-order valence-electron chi connectivity index (χ0n) is 17.0. The van der Waals surface area contributed by atoms with Crippen LogP contribution in [0.5, 0.6) is 0 Å². The molecule has 0 spiro atoms. The van der Waals surface area contributed by atoms with Gasteiger partial charge in [0.15, 0.2) is 5.43 Å². The van der Waals surface area contributed by atoms with Gasteiger partial charge in [-0.2, -0.15) is 0 Å². The Bertz CT molecular complexity index is 1250. The summed E-state index contributed by atoms with van der Waals surface area (Å²) in [7, 11) is 3.88. The van der Waals surface area contributed by atoms with E-state index < -0.39 is 11.0 Å². The van der Waals surface area contributed by atoms with Crippen LogP contribution in [0.3, 0.4) is 0 Å². The Balaban J connectivity index is 1.90. The lowest BCUT2D eigenvalue weighted by atomic mass is 9.98. The van der Waals surface area contributed by atoms with Gasteiger partial charge >= 0.3 is 0 Å². The molecule has 2 aromatic carbocycles. The lowest BCUT2D eigenvalue weighted by Gasteiger charge is -2.25. The lowest BCUT2D eigenvalue weighted by Crippen LogP contribution is -2.32. The number of nitro benzene ring substituents is 1. The minimum Gasteiger partial charge on any atom is -0.450 e. The van der Waals surface area contributed by atoms with Gasteiger partial charge in [-0.15, -0.1) is 0 Å². The second kappa shape index (κ2) is 8.24. The molecule has 9 heteroatoms. The number of fused-ring (bicyclic) bond motifs is 2. The summed E-state index contributed by atoms with van der Waals surface area (Å²) in [5.41, 5.74) is 0.652. The molecule has 8 nitrogen and oxygen atoms in total. The largest absolute Gasteiger partial charge is 0.450 e. The molecule has 3 aromatic rings. The molecule has 1 aliphatic heterocycles. The first-order valence-corrected chi connectivity index (χ1v) is 10.5. The zero-order valence-corrected chi connectivity index (χ0v) is 18.6. The molecule has 0 bridgehead atoms. The highest BCUT2D eigenvalue weighted by atomic mass is 79.9. The fourth-order valence-electron chi connectivity index (χ4n) is 3.94. The van der Waals surface area contributed by atoms with E-state index in [1.807, 2.05) is 19.0 Å². The van der Waals surface area contributed by atoms with Crippen LogP contribution in [0.1, 0.15) is 34.1 Å². The monoisotopic (exact) mass is 485 g/mol. The summed E-state index contributed by atoms with van der Waals surface area (Å²) in [6.07, 6.45) is 0.678. The topological polar surface area (TPSA) is 96.9 Å². The van der Waals surface area contributed by atoms with Crippen LogP contribution < -0.4 is 5.43 Å². The van der Waals surface area contributed by atoms with Crippen molar-refractivity contribution in [1.82, 2.24) is 9.80 Å². The number of benzene rings is 2. The Kier molecular flexibility index (Phi) is 5.63. The molecule has 1 aromatic heterocycles. The van der Waals surface area contributed by atoms with Crippen LogP contribution in [0.2, 0.25) is 0 Å². The normalized spacial score (nSPS) is 15.7. The zero-order chi connectivity index (χ0) is 22.3. The highest BCUT2D eigenvalue weighted by Gasteiger charge is 2.42. The summed E-state index contributed by atoms with van der Waals surface area (Å²) >= 11 is 3.37. The van der Waals surface area contributed by atoms with Crippen molar-refractivity contribution in [2.24, 2.45) is 0 Å². The summed E-state index contributed by atoms with van der Waals surface area (Å²) in [5.74, 6) is -0.381. The first-order chi connectivity index (χ1) is 14.8. The molecule has 1 unspecified atom stereocenters. The first kappa shape index (κ1) is 21.2. The van der Waals surface area contributed by atoms with Gasteiger partial charge in [-0.1, -0.05) is 28.1 Å². The van der Waals surface area contributed by atoms with Crippen molar-refractivity contribution in [3.8, 4) is 0 Å². The van der Waals surface area contributed by atoms with Crippen molar-refractivity contribution in [1.29, 1.82) is 0 Å². The van der Waals surface area contributed by atoms with E-state index >= 15 is 0 Å². The Morgan fingerprint density at radius 2 is 1.97 bits per heavy atom. The number of hydrogen-bond acceptors (Lipinski definition) is 6. The van der Waals surface area contributed by atoms with E-state index in [0.717, 1.165) is 6.54 Å². The van der Waals surface area contributed by atoms with E-state index in [2.05, 4.69) is 15.9 Å². The summed E-state index contributed by atoms with van der Waals surface area (Å²) < 4.78 is 6.60. The van der Waals surface area contributed by atoms with Crippen LogP contribution in [-0.2, 0) is 0 Å². The number of amides is 1. The molecule has 0 saturated carbocycles. The highest BCUT2D eigenvalue weighted by molar-refractivity contribution is 9.10. The Morgan fingerprint density at radius 1 is 1.19 bits per heavy atom. The van der Waals surface area contributed by atoms with Crippen molar-refractivity contribution in [3.63, 3.8) is 0 Å². The van der Waals surface area contributed by atoms with Crippen LogP contribution in [0.25, 0.3) is 11.0 Å². The number of rotatable bonds is 6. The van der Waals surface area contributed by atoms with Crippen molar-refractivity contribution in [2.45, 2.75) is 12.5 Å². The van der Waals surface area contributed by atoms with Gasteiger partial charge in [0, 0.05) is 23.2 Å². The number of non-ortho nitro benzene ring substituents is 1. The van der Waals surface area contributed by atoms with Gasteiger partial charge in [0.2, 0.25) is 5.76 Å². The number of halogens is 1. The molecule has 1 atom stereocenters. The maximum atomic E-state index is 13.4. The molecule has 1 amide bonds. The molecule has 31 heavy (non-hydrogen) atoms. The average molecular weight is 486 g/mol. The standard InChI is InChI=1S/C22H20BrN3O5/c1-24(2)9-4-10-25-19(13-5-3-6-15(11-13)26(29)30)18-20(27)16-12-14(23)7-8-17(16)31-21(18)22(25)28/h3,5-8,11-12,19H,4,9-10H2,1-2H3. The third-order valence-corrected chi connectivity index (χ3v) is 5.82. The Labute approximate surface area is 186 Å². The number of carbonyl (C=O) groups excluding carboxylic acids is 1. The number of nitro groups is 1. The molecule has 1 aliphatic rings. The summed E-state index contributed by atoms with van der Waals surface area (Å²) in [6, 6.07) is 10.4. The fourth-order valence-corrected chi connectivity index (χ4v) is 4.30. The van der Waals surface area contributed by atoms with Gasteiger partial charge in [0.1, 0.15) is 5.58 Å². The molecule has 0 saturated heterocycles. The maximum Gasteiger partial charge on any atom is 0.290 e. The van der Waals surface area contributed by atoms with Gasteiger partial charge < -0.3 is 14.2 Å². The second-order valence-corrected chi connectivity index (χ2v) is 8.64. The molecule has 4 rings (SSSR count). The van der Waals surface area contributed by atoms with Crippen molar-refractivity contribution >= 4 is 38.5 Å². The molecule has 160 valence electrons. The SMILES string of the molecule is CN(C)CCCN1C(=O)c2oc3ccc(Br)cc3c(=O)c2C1c1cccc([N+](=O)[O-])c1. The van der Waals surface area contributed by atoms with Crippen LogP contribution in [0, 0.1) is 10.1 Å². The van der Waals surface area contributed by atoms with E-state index in [-0.39, 0.29) is 28.3 Å². The van der Waals surface area contributed by atoms with Gasteiger partial charge in [-0.05, 0) is 50.8 Å². The fraction of sp³-hybridized carbons (Fsp3) is 0.273. The maximum absolute atomic E-state index is 13.4. The van der Waals surface area contributed by atoms with E-state index in [1.165, 1.54) is 12.1 Å². The molecular formula is C22H20BrN3O5. The molecular weight excluding hydrogens is 466 g/mol. The van der Waals surface area contributed by atoms with Gasteiger partial charge in [-0.25, -0.2) is 0 Å². The lowest BCUT2D eigenvalue weighted by molar-refractivity contribution is -0.384. The van der Waals surface area contributed by atoms with Crippen LogP contribution in [-0.4, -0.2) is 47.8 Å². The third kappa shape index (κ3) is 3.86. The minimum atomic E-state index is -0.746. The van der Waals surface area contributed by atoms with E-state index in [9.17, 15) is 19.7 Å². The predicted molar refractivity (Wildman–Crippen MR) is 119 cm³/mol. The van der Waals surface area contributed by atoms with Crippen molar-refractivity contribution < 1.29 is 14.1 Å². The summed E-state index contributed by atoms with van der Waals surface area (Å²) in [5, 5.41) is 11.7. The van der Waals surface area contributed by atoms with Crippen LogP contribution in [0.4, 0.5) is 5.69 Å². The number of hydrogen-bond donors (Lipinski definition) is 0. The van der Waals surface area contributed by atoms with Crippen molar-refractivity contribution in [3.05, 3.63) is 84.2 Å². The molecule has 0 fully saturated rings. The van der Waals surface area contributed by atoms with E-state index in [1.54, 1.807) is 35.2 Å². The first-order valence-electron chi connectivity index (χ1n) is 9.74. The third-order valence-electron chi connectivity index (χ3n) is 5.33. The Hall–Kier alpha value is -3.04.